The van der Waals surface area contributed by atoms with Crippen LogP contribution in [0.2, 0.25) is 0 Å². The third-order valence-electron chi connectivity index (χ3n) is 3.07. The van der Waals surface area contributed by atoms with Gasteiger partial charge in [0.15, 0.2) is 5.03 Å². The molecule has 2 rings (SSSR count). The first-order chi connectivity index (χ1) is 8.18. The summed E-state index contributed by atoms with van der Waals surface area (Å²) in [7, 11) is -3.40. The monoisotopic (exact) mass is 258 g/mol. The summed E-state index contributed by atoms with van der Waals surface area (Å²) in [6.07, 6.45) is 5.83. The molecule has 17 heavy (non-hydrogen) atoms. The van der Waals surface area contributed by atoms with Crippen LogP contribution in [0.15, 0.2) is 17.6 Å². The Morgan fingerprint density at radius 3 is 2.82 bits per heavy atom. The maximum atomic E-state index is 11.7. The number of H-pyrrole nitrogens is 1. The summed E-state index contributed by atoms with van der Waals surface area (Å²) in [4.78, 5) is 6.30. The van der Waals surface area contributed by atoms with E-state index in [0.29, 0.717) is 12.5 Å². The molecule has 0 atom stereocenters. The molecule has 96 valence electrons. The third-order valence-corrected chi connectivity index (χ3v) is 4.45. The zero-order chi connectivity index (χ0) is 12.1. The standard InChI is InChI=1S/C10H18N4O2S/c15-17(16,10-7-12-8-13-10)14-6-3-9-1-4-11-5-2-9/h7-9,11,14H,1-6H2,(H,12,13). The highest BCUT2D eigenvalue weighted by molar-refractivity contribution is 7.89. The van der Waals surface area contributed by atoms with Gasteiger partial charge in [-0.1, -0.05) is 0 Å². The Morgan fingerprint density at radius 2 is 2.18 bits per heavy atom. The number of sulfonamides is 1. The van der Waals surface area contributed by atoms with Gasteiger partial charge in [0.25, 0.3) is 10.0 Å². The number of aromatic nitrogens is 2. The summed E-state index contributed by atoms with van der Waals surface area (Å²) in [5.41, 5.74) is 0. The van der Waals surface area contributed by atoms with Crippen LogP contribution in [-0.4, -0.2) is 38.0 Å². The highest BCUT2D eigenvalue weighted by atomic mass is 32.2. The van der Waals surface area contributed by atoms with Crippen LogP contribution >= 0.6 is 0 Å². The summed E-state index contributed by atoms with van der Waals surface area (Å²) >= 11 is 0. The van der Waals surface area contributed by atoms with Gasteiger partial charge >= 0.3 is 0 Å². The molecule has 3 N–H and O–H groups in total. The SMILES string of the molecule is O=S(=O)(NCCC1CCNCC1)c1cnc[nH]1. The first kappa shape index (κ1) is 12.5. The van der Waals surface area contributed by atoms with Crippen LogP contribution < -0.4 is 10.0 Å². The number of hydrogen-bond donors (Lipinski definition) is 3. The van der Waals surface area contributed by atoms with Crippen molar-refractivity contribution in [2.24, 2.45) is 5.92 Å². The predicted octanol–water partition coefficient (Wildman–Crippen LogP) is 0.0777. The fourth-order valence-electron chi connectivity index (χ4n) is 2.04. The van der Waals surface area contributed by atoms with Crippen molar-refractivity contribution in [2.45, 2.75) is 24.3 Å². The lowest BCUT2D eigenvalue weighted by molar-refractivity contribution is 0.354. The zero-order valence-corrected chi connectivity index (χ0v) is 10.5. The molecule has 0 spiro atoms. The lowest BCUT2D eigenvalue weighted by Gasteiger charge is -2.22. The van der Waals surface area contributed by atoms with Crippen molar-refractivity contribution >= 4 is 10.0 Å². The molecule has 0 radical (unpaired) electrons. The first-order valence-corrected chi connectivity index (χ1v) is 7.35. The number of piperidine rings is 1. The number of nitrogens with zero attached hydrogens (tertiary/aromatic N) is 1. The fraction of sp³-hybridized carbons (Fsp3) is 0.700. The molecule has 6 nitrogen and oxygen atoms in total. The molecule has 0 aromatic carbocycles. The Morgan fingerprint density at radius 1 is 1.41 bits per heavy atom. The zero-order valence-electron chi connectivity index (χ0n) is 9.65. The number of hydrogen-bond acceptors (Lipinski definition) is 4. The number of nitrogens with one attached hydrogen (secondary N) is 3. The molecular formula is C10H18N4O2S. The first-order valence-electron chi connectivity index (χ1n) is 5.87. The quantitative estimate of drug-likeness (QED) is 0.698. The molecule has 7 heteroatoms. The maximum absolute atomic E-state index is 11.7. The maximum Gasteiger partial charge on any atom is 0.257 e. The molecule has 0 saturated carbocycles. The van der Waals surface area contributed by atoms with E-state index in [-0.39, 0.29) is 5.03 Å². The molecule has 0 amide bonds. The van der Waals surface area contributed by atoms with E-state index in [4.69, 9.17) is 0 Å². The summed E-state index contributed by atoms with van der Waals surface area (Å²) in [5.74, 6) is 0.626. The van der Waals surface area contributed by atoms with Gasteiger partial charge in [0.2, 0.25) is 0 Å². The van der Waals surface area contributed by atoms with Gasteiger partial charge < -0.3 is 10.3 Å². The number of rotatable bonds is 5. The number of aromatic amines is 1. The summed E-state index contributed by atoms with van der Waals surface area (Å²) in [5, 5.41) is 3.42. The van der Waals surface area contributed by atoms with Crippen molar-refractivity contribution in [3.8, 4) is 0 Å². The minimum absolute atomic E-state index is 0.128. The Hall–Kier alpha value is -0.920. The van der Waals surface area contributed by atoms with E-state index < -0.39 is 10.0 Å². The molecule has 1 aromatic rings. The highest BCUT2D eigenvalue weighted by Gasteiger charge is 2.17. The summed E-state index contributed by atoms with van der Waals surface area (Å²) in [6, 6.07) is 0. The van der Waals surface area contributed by atoms with Crippen molar-refractivity contribution in [2.75, 3.05) is 19.6 Å². The molecule has 1 aliphatic rings. The van der Waals surface area contributed by atoms with E-state index in [9.17, 15) is 8.42 Å². The highest BCUT2D eigenvalue weighted by Crippen LogP contribution is 2.15. The largest absolute Gasteiger partial charge is 0.335 e. The van der Waals surface area contributed by atoms with E-state index in [1.54, 1.807) is 0 Å². The van der Waals surface area contributed by atoms with Crippen molar-refractivity contribution in [3.05, 3.63) is 12.5 Å². The third kappa shape index (κ3) is 3.52. The van der Waals surface area contributed by atoms with E-state index in [1.165, 1.54) is 12.5 Å². The smallest absolute Gasteiger partial charge is 0.257 e. The van der Waals surface area contributed by atoms with Crippen molar-refractivity contribution < 1.29 is 8.42 Å². The predicted molar refractivity (Wildman–Crippen MR) is 64.0 cm³/mol. The summed E-state index contributed by atoms with van der Waals surface area (Å²) < 4.78 is 26.1. The average Bonchev–Trinajstić information content (AvgIpc) is 2.84. The normalized spacial score (nSPS) is 18.4. The molecule has 0 bridgehead atoms. The van der Waals surface area contributed by atoms with Crippen LogP contribution in [0.4, 0.5) is 0 Å². The van der Waals surface area contributed by atoms with Crippen LogP contribution in [0.1, 0.15) is 19.3 Å². The molecule has 1 saturated heterocycles. The van der Waals surface area contributed by atoms with Crippen LogP contribution in [-0.2, 0) is 10.0 Å². The molecule has 1 fully saturated rings. The summed E-state index contributed by atoms with van der Waals surface area (Å²) in [6.45, 7) is 2.57. The van der Waals surface area contributed by atoms with Crippen molar-refractivity contribution in [1.29, 1.82) is 0 Å². The van der Waals surface area contributed by atoms with Crippen molar-refractivity contribution in [3.63, 3.8) is 0 Å². The lowest BCUT2D eigenvalue weighted by atomic mass is 9.95. The second-order valence-electron chi connectivity index (χ2n) is 4.30. The van der Waals surface area contributed by atoms with Crippen LogP contribution in [0, 0.1) is 5.92 Å². The van der Waals surface area contributed by atoms with E-state index >= 15 is 0 Å². The average molecular weight is 258 g/mol. The minimum atomic E-state index is -3.40. The van der Waals surface area contributed by atoms with Gasteiger partial charge in [0, 0.05) is 6.54 Å². The van der Waals surface area contributed by atoms with E-state index in [0.717, 1.165) is 32.4 Å². The van der Waals surface area contributed by atoms with Gasteiger partial charge in [-0.25, -0.2) is 18.1 Å². The van der Waals surface area contributed by atoms with Gasteiger partial charge in [0.05, 0.1) is 12.5 Å². The van der Waals surface area contributed by atoms with E-state index in [2.05, 4.69) is 20.0 Å². The number of imidazole rings is 1. The second kappa shape index (κ2) is 5.61. The Balaban J connectivity index is 1.78. The Bertz CT molecular complexity index is 423. The van der Waals surface area contributed by atoms with Gasteiger partial charge in [-0.15, -0.1) is 0 Å². The minimum Gasteiger partial charge on any atom is -0.335 e. The molecule has 2 heterocycles. The Kier molecular flexibility index (Phi) is 4.14. The lowest BCUT2D eigenvalue weighted by Crippen LogP contribution is -2.31. The van der Waals surface area contributed by atoms with Gasteiger partial charge in [-0.2, -0.15) is 0 Å². The van der Waals surface area contributed by atoms with Crippen molar-refractivity contribution in [1.82, 2.24) is 20.0 Å². The van der Waals surface area contributed by atoms with Crippen LogP contribution in [0.3, 0.4) is 0 Å². The fourth-order valence-corrected chi connectivity index (χ4v) is 2.99. The topological polar surface area (TPSA) is 86.9 Å². The van der Waals surface area contributed by atoms with Gasteiger partial charge in [0.1, 0.15) is 0 Å². The molecular weight excluding hydrogens is 240 g/mol. The molecule has 1 aromatic heterocycles. The van der Waals surface area contributed by atoms with E-state index in [1.807, 2.05) is 0 Å². The molecule has 0 aliphatic carbocycles. The van der Waals surface area contributed by atoms with Crippen LogP contribution in [0.25, 0.3) is 0 Å². The second-order valence-corrected chi connectivity index (χ2v) is 6.03. The Labute approximate surface area is 101 Å². The van der Waals surface area contributed by atoms with Crippen LogP contribution in [0.5, 0.6) is 0 Å². The molecule has 1 aliphatic heterocycles. The van der Waals surface area contributed by atoms with Gasteiger partial charge in [-0.05, 0) is 38.3 Å². The van der Waals surface area contributed by atoms with Gasteiger partial charge in [-0.3, -0.25) is 0 Å². The molecule has 0 unspecified atom stereocenters.